The Hall–Kier alpha value is -4.68. The molecule has 0 spiro atoms. The molecule has 0 N–H and O–H groups in total. The van der Waals surface area contributed by atoms with Crippen molar-refractivity contribution in [1.29, 1.82) is 0 Å². The van der Waals surface area contributed by atoms with Crippen molar-refractivity contribution in [3.8, 4) is 11.1 Å². The van der Waals surface area contributed by atoms with Crippen molar-refractivity contribution in [3.63, 3.8) is 0 Å². The van der Waals surface area contributed by atoms with Crippen LogP contribution in [0, 0.1) is 27.7 Å². The van der Waals surface area contributed by atoms with E-state index in [1.807, 2.05) is 36.4 Å². The average molecular weight is 561 g/mol. The Kier molecular flexibility index (Phi) is 11.7. The van der Waals surface area contributed by atoms with Crippen molar-refractivity contribution in [2.24, 2.45) is 0 Å². The maximum atomic E-state index is 2.28. The molecule has 0 heteroatoms. The summed E-state index contributed by atoms with van der Waals surface area (Å²) in [6.07, 6.45) is 0.981. The van der Waals surface area contributed by atoms with Crippen LogP contribution in [0.4, 0.5) is 0 Å². The van der Waals surface area contributed by atoms with Gasteiger partial charge in [0.2, 0.25) is 0 Å². The highest BCUT2D eigenvalue weighted by Crippen LogP contribution is 2.28. The van der Waals surface area contributed by atoms with Gasteiger partial charge in [-0.05, 0) is 67.5 Å². The monoisotopic (exact) mass is 560 g/mol. The van der Waals surface area contributed by atoms with Gasteiger partial charge in [0, 0.05) is 5.92 Å². The molecule has 0 bridgehead atoms. The molecule has 0 nitrogen and oxygen atoms in total. The van der Waals surface area contributed by atoms with Gasteiger partial charge in [0.05, 0.1) is 0 Å². The first kappa shape index (κ1) is 31.3. The van der Waals surface area contributed by atoms with E-state index in [4.69, 9.17) is 0 Å². The minimum absolute atomic E-state index is 0.403. The van der Waals surface area contributed by atoms with Gasteiger partial charge >= 0.3 is 0 Å². The van der Waals surface area contributed by atoms with Crippen LogP contribution in [-0.4, -0.2) is 0 Å². The topological polar surface area (TPSA) is 0 Å². The van der Waals surface area contributed by atoms with E-state index in [2.05, 4.69) is 156 Å². The standard InChI is InChI=1S/C29H28.2C7H8/c1-21-6-4-8-25(18-21)20-24-10-12-27(13-11-24)28-16-14-26(15-17-28)23(3)29-9-5-7-22(2)19-29;2*1-7-5-3-2-4-6-7/h4-19,23H,20H2,1-3H3;2*2-6H,1H3. The molecule has 0 saturated carbocycles. The quantitative estimate of drug-likeness (QED) is 0.197. The zero-order valence-electron chi connectivity index (χ0n) is 26.3. The predicted molar refractivity (Wildman–Crippen MR) is 187 cm³/mol. The van der Waals surface area contributed by atoms with Crippen LogP contribution in [0.2, 0.25) is 0 Å². The lowest BCUT2D eigenvalue weighted by Crippen LogP contribution is -1.96. The second-order valence-electron chi connectivity index (χ2n) is 11.4. The van der Waals surface area contributed by atoms with Crippen molar-refractivity contribution >= 4 is 0 Å². The summed E-state index contributed by atoms with van der Waals surface area (Å²) in [5.74, 6) is 0.403. The van der Waals surface area contributed by atoms with E-state index < -0.39 is 0 Å². The summed E-state index contributed by atoms with van der Waals surface area (Å²) in [6, 6.07) is 56.1. The van der Waals surface area contributed by atoms with Crippen LogP contribution in [0.3, 0.4) is 0 Å². The Morgan fingerprint density at radius 2 is 0.837 bits per heavy atom. The molecule has 0 aliphatic heterocycles. The van der Waals surface area contributed by atoms with Crippen LogP contribution >= 0.6 is 0 Å². The van der Waals surface area contributed by atoms with Crippen molar-refractivity contribution < 1.29 is 0 Å². The number of rotatable bonds is 5. The molecule has 6 rings (SSSR count). The third kappa shape index (κ3) is 10.3. The van der Waals surface area contributed by atoms with Gasteiger partial charge in [-0.25, -0.2) is 0 Å². The Morgan fingerprint density at radius 3 is 1.30 bits per heavy atom. The van der Waals surface area contributed by atoms with E-state index >= 15 is 0 Å². The van der Waals surface area contributed by atoms with E-state index in [0.29, 0.717) is 5.92 Å². The van der Waals surface area contributed by atoms with Crippen LogP contribution in [0.5, 0.6) is 0 Å². The summed E-state index contributed by atoms with van der Waals surface area (Å²) in [5, 5.41) is 0. The average Bonchev–Trinajstić information content (AvgIpc) is 3.03. The van der Waals surface area contributed by atoms with Gasteiger partial charge < -0.3 is 0 Å². The number of hydrogen-bond acceptors (Lipinski definition) is 0. The lowest BCUT2D eigenvalue weighted by molar-refractivity contribution is 0.920. The van der Waals surface area contributed by atoms with E-state index in [0.717, 1.165) is 6.42 Å². The Morgan fingerprint density at radius 1 is 0.372 bits per heavy atom. The summed E-state index contributed by atoms with van der Waals surface area (Å²) in [4.78, 5) is 0. The van der Waals surface area contributed by atoms with Crippen molar-refractivity contribution in [2.45, 2.75) is 47.0 Å². The van der Waals surface area contributed by atoms with E-state index in [9.17, 15) is 0 Å². The van der Waals surface area contributed by atoms with Gasteiger partial charge in [0.15, 0.2) is 0 Å². The fraction of sp³-hybridized carbons (Fsp3) is 0.163. The summed E-state index contributed by atoms with van der Waals surface area (Å²) in [5.41, 5.74) is 13.3. The molecule has 0 fully saturated rings. The molecule has 0 saturated heterocycles. The van der Waals surface area contributed by atoms with Crippen LogP contribution < -0.4 is 0 Å². The normalized spacial score (nSPS) is 10.9. The van der Waals surface area contributed by atoms with Crippen molar-refractivity contribution in [3.05, 3.63) is 202 Å². The zero-order valence-corrected chi connectivity index (χ0v) is 26.3. The molecule has 0 aliphatic carbocycles. The van der Waals surface area contributed by atoms with E-state index in [-0.39, 0.29) is 0 Å². The molecule has 216 valence electrons. The second-order valence-corrected chi connectivity index (χ2v) is 11.4. The third-order valence-electron chi connectivity index (χ3n) is 7.61. The first-order valence-corrected chi connectivity index (χ1v) is 15.2. The first-order valence-electron chi connectivity index (χ1n) is 15.2. The highest BCUT2D eigenvalue weighted by molar-refractivity contribution is 5.64. The van der Waals surface area contributed by atoms with E-state index in [1.165, 1.54) is 55.6 Å². The smallest absolute Gasteiger partial charge is 0.00611 e. The van der Waals surface area contributed by atoms with Crippen LogP contribution in [0.15, 0.2) is 158 Å². The molecule has 1 atom stereocenters. The molecule has 6 aromatic carbocycles. The van der Waals surface area contributed by atoms with Gasteiger partial charge in [0.25, 0.3) is 0 Å². The second kappa shape index (κ2) is 16.1. The van der Waals surface area contributed by atoms with Crippen LogP contribution in [0.25, 0.3) is 11.1 Å². The molecular formula is C43H44. The molecule has 0 heterocycles. The Bertz CT molecular complexity index is 1610. The molecule has 0 radical (unpaired) electrons. The SMILES string of the molecule is Cc1cccc(Cc2ccc(-c3ccc(C(C)c4cccc(C)c4)cc3)cc2)c1.Cc1ccccc1.Cc1ccccc1. The highest BCUT2D eigenvalue weighted by atomic mass is 14.1. The van der Waals surface area contributed by atoms with Crippen molar-refractivity contribution in [2.75, 3.05) is 0 Å². The highest BCUT2D eigenvalue weighted by Gasteiger charge is 2.09. The Labute approximate surface area is 259 Å². The third-order valence-corrected chi connectivity index (χ3v) is 7.61. The zero-order chi connectivity index (χ0) is 30.4. The fourth-order valence-corrected chi connectivity index (χ4v) is 5.04. The minimum atomic E-state index is 0.403. The van der Waals surface area contributed by atoms with Gasteiger partial charge in [-0.1, -0.05) is 187 Å². The van der Waals surface area contributed by atoms with Crippen LogP contribution in [0.1, 0.15) is 57.3 Å². The number of hydrogen-bond donors (Lipinski definition) is 0. The maximum Gasteiger partial charge on any atom is 0.00611 e. The minimum Gasteiger partial charge on any atom is -0.0622 e. The predicted octanol–water partition coefficient (Wildman–Crippen LogP) is 11.7. The van der Waals surface area contributed by atoms with Gasteiger partial charge in [-0.2, -0.15) is 0 Å². The molecule has 43 heavy (non-hydrogen) atoms. The maximum absolute atomic E-state index is 2.28. The van der Waals surface area contributed by atoms with Gasteiger partial charge in [-0.15, -0.1) is 0 Å². The van der Waals surface area contributed by atoms with Crippen molar-refractivity contribution in [1.82, 2.24) is 0 Å². The van der Waals surface area contributed by atoms with Gasteiger partial charge in [-0.3, -0.25) is 0 Å². The lowest BCUT2D eigenvalue weighted by Gasteiger charge is -2.14. The summed E-state index contributed by atoms with van der Waals surface area (Å²) < 4.78 is 0. The molecule has 1 unspecified atom stereocenters. The van der Waals surface area contributed by atoms with Gasteiger partial charge in [0.1, 0.15) is 0 Å². The molecule has 0 aliphatic rings. The largest absolute Gasteiger partial charge is 0.0622 e. The molecule has 0 aromatic heterocycles. The molecular weight excluding hydrogens is 516 g/mol. The van der Waals surface area contributed by atoms with Crippen LogP contribution in [-0.2, 0) is 6.42 Å². The Balaban J connectivity index is 0.000000246. The summed E-state index contributed by atoms with van der Waals surface area (Å²) >= 11 is 0. The first-order chi connectivity index (χ1) is 20.9. The summed E-state index contributed by atoms with van der Waals surface area (Å²) in [7, 11) is 0. The number of benzene rings is 6. The molecule has 6 aromatic rings. The lowest BCUT2D eigenvalue weighted by atomic mass is 9.91. The fourth-order valence-electron chi connectivity index (χ4n) is 5.04. The number of aryl methyl sites for hydroxylation is 4. The van der Waals surface area contributed by atoms with E-state index in [1.54, 1.807) is 0 Å². The summed E-state index contributed by atoms with van der Waals surface area (Å²) in [6.45, 7) is 10.8. The molecule has 0 amide bonds.